The van der Waals surface area contributed by atoms with E-state index in [4.69, 9.17) is 52.1 Å². The molecule has 0 aliphatic carbocycles. The molecule has 0 unspecified atom stereocenters. The van der Waals surface area contributed by atoms with Gasteiger partial charge in [-0.05, 0) is 131 Å². The minimum atomic E-state index is -0.818. The van der Waals surface area contributed by atoms with E-state index in [-0.39, 0.29) is 154 Å². The Labute approximate surface area is 658 Å². The van der Waals surface area contributed by atoms with Crippen molar-refractivity contribution in [3.63, 3.8) is 0 Å². The maximum absolute atomic E-state index is 13.1. The average molecular weight is 1490 g/mol. The second kappa shape index (κ2) is 50.6. The molecule has 0 saturated carbocycles. The standard InChI is InChI=1S/C11H14FNO3.C11H13FO2.C11H15FO.C11H14N4O3.C11H18N2O.C10H13FO.C9H9FO2.Al.Li.N3.Na.4H/c1-11(2,7-16-3)8-4-5-9(12)10(6-8)13(14)15;1-11(2,10(13)14-3)8-4-6-9(12)7-5-8;1-11(2,8-13-3)9-4-6-10(12)7-5-9;1-11(2,7-18-3)8-4-5-9(13-14-12)10(6-8)15(16)17;1-11(2,7-14-3)8-4-5-9(12)10(13)6-8;1-10(2,7-12)8-3-5-9(11)6-4-8;1-12-9(11)6-7-2-4-8(10)5-3-7;;;1-3-2;;;;;/h4-6H,7H2,1-3H3;4-7H,1-3H3;4-7H,8H2,1-3H3;4-6H,7H2,1-3H3;4-6H,7,12-13H2,1-3H3;3-6,12H,7H2,1-2H3;2-5H,6H2,1H3;;;;;;;;/q;;;;;;;;+1;-1;+1;;;;-1. The van der Waals surface area contributed by atoms with Crippen molar-refractivity contribution in [2.75, 3.05) is 87.2 Å². The largest absolute Gasteiger partial charge is 1.00 e. The third-order valence-corrected chi connectivity index (χ3v) is 15.3. The van der Waals surface area contributed by atoms with Gasteiger partial charge in [0, 0.05) is 72.6 Å². The van der Waals surface area contributed by atoms with E-state index in [9.17, 15) is 51.8 Å². The van der Waals surface area contributed by atoms with Crippen molar-refractivity contribution in [1.82, 2.24) is 0 Å². The van der Waals surface area contributed by atoms with Gasteiger partial charge in [0.2, 0.25) is 5.82 Å². The maximum atomic E-state index is 13.1. The van der Waals surface area contributed by atoms with Crippen molar-refractivity contribution in [3.8, 4) is 0 Å². The van der Waals surface area contributed by atoms with Crippen molar-refractivity contribution in [2.24, 2.45) is 5.11 Å². The summed E-state index contributed by atoms with van der Waals surface area (Å²) in [5.74, 6) is -2.52. The molecule has 0 saturated heterocycles. The first-order valence-electron chi connectivity index (χ1n) is 31.2. The average Bonchev–Trinajstić information content (AvgIpc) is 0.832. The van der Waals surface area contributed by atoms with Crippen LogP contribution in [0, 0.1) is 49.3 Å². The van der Waals surface area contributed by atoms with E-state index in [0.717, 1.165) is 39.4 Å². The summed E-state index contributed by atoms with van der Waals surface area (Å²) in [5, 5.41) is 33.8. The van der Waals surface area contributed by atoms with Crippen LogP contribution in [-0.4, -0.2) is 120 Å². The molecule has 564 valence electrons. The minimum Gasteiger partial charge on any atom is -1.00 e. The second-order valence-corrected chi connectivity index (χ2v) is 26.3. The molecule has 0 spiro atoms. The first kappa shape index (κ1) is 103. The van der Waals surface area contributed by atoms with Gasteiger partial charge in [0.25, 0.3) is 5.69 Å². The maximum Gasteiger partial charge on any atom is 1.00 e. The summed E-state index contributed by atoms with van der Waals surface area (Å²) in [4.78, 5) is 46.5. The Bertz CT molecular complexity index is 3840. The predicted octanol–water partition coefficient (Wildman–Crippen LogP) is 10.4. The Kier molecular flexibility index (Phi) is 49.8. The van der Waals surface area contributed by atoms with Crippen LogP contribution in [0.25, 0.3) is 26.4 Å². The number of benzene rings is 7. The van der Waals surface area contributed by atoms with Gasteiger partial charge < -0.3 is 57.5 Å². The molecule has 0 aliphatic heterocycles. The number of methoxy groups -OCH3 is 6. The van der Waals surface area contributed by atoms with Gasteiger partial charge in [0.05, 0.1) is 80.3 Å². The van der Waals surface area contributed by atoms with Crippen LogP contribution in [0.4, 0.5) is 50.4 Å². The molecule has 0 aliphatic rings. The molecule has 7 aromatic carbocycles. The van der Waals surface area contributed by atoms with E-state index in [1.54, 1.807) is 103 Å². The van der Waals surface area contributed by atoms with Crippen molar-refractivity contribution in [2.45, 2.75) is 122 Å². The summed E-state index contributed by atoms with van der Waals surface area (Å²) in [6, 6.07) is 38.6. The van der Waals surface area contributed by atoms with Crippen LogP contribution >= 0.6 is 0 Å². The van der Waals surface area contributed by atoms with E-state index < -0.39 is 26.8 Å². The molecule has 7 aromatic rings. The number of nitrogen functional groups attached to an aromatic ring is 2. The van der Waals surface area contributed by atoms with Crippen LogP contribution in [-0.2, 0) is 76.9 Å². The Balaban J connectivity index is -0.000000371. The first-order valence-corrected chi connectivity index (χ1v) is 31.2. The summed E-state index contributed by atoms with van der Waals surface area (Å²) in [6.07, 6.45) is 0.191. The zero-order valence-electron chi connectivity index (χ0n) is 64.1. The number of carbonyl (C=O) groups excluding carboxylic acids is 2. The Morgan fingerprint density at radius 2 is 0.800 bits per heavy atom. The molecule has 0 fully saturated rings. The normalized spacial score (nSPS) is 10.6. The van der Waals surface area contributed by atoms with Gasteiger partial charge in [0.1, 0.15) is 29.0 Å². The minimum absolute atomic E-state index is 0. The monoisotopic (exact) mass is 1490 g/mol. The number of nitro groups is 2. The fraction of sp³-hybridized carbons (Fsp3) is 0.405. The van der Waals surface area contributed by atoms with Crippen molar-refractivity contribution in [1.29, 1.82) is 0 Å². The fourth-order valence-corrected chi connectivity index (χ4v) is 9.04. The smallest absolute Gasteiger partial charge is 1.00 e. The predicted molar refractivity (Wildman–Crippen MR) is 397 cm³/mol. The van der Waals surface area contributed by atoms with Gasteiger partial charge >= 0.3 is 66.0 Å². The number of aliphatic hydroxyl groups excluding tert-OH is 1. The number of rotatable bonds is 21. The summed E-state index contributed by atoms with van der Waals surface area (Å²) in [7, 11) is 9.16. The third-order valence-electron chi connectivity index (χ3n) is 15.3. The molecule has 105 heavy (non-hydrogen) atoms. The van der Waals surface area contributed by atoms with Crippen LogP contribution in [0.1, 0.15) is 123 Å². The number of esters is 2. The first-order chi connectivity index (χ1) is 47.5. The zero-order chi connectivity index (χ0) is 78.4. The fourth-order valence-electron chi connectivity index (χ4n) is 9.04. The van der Waals surface area contributed by atoms with Crippen molar-refractivity contribution < 1.29 is 125 Å². The number of nitro benzene ring substituents is 2. The third kappa shape index (κ3) is 37.3. The molecule has 23 nitrogen and oxygen atoms in total. The molecule has 0 aromatic heterocycles. The van der Waals surface area contributed by atoms with Crippen LogP contribution in [0.5, 0.6) is 0 Å². The topological polar surface area (TPSA) is 356 Å². The number of hydrogen-bond donors (Lipinski definition) is 3. The molecule has 0 amide bonds. The molecular formula is C74H100AlF5LiN10NaO13. The number of anilines is 2. The Morgan fingerprint density at radius 1 is 0.486 bits per heavy atom. The molecular weight excluding hydrogens is 1390 g/mol. The van der Waals surface area contributed by atoms with Crippen molar-refractivity contribution in [3.05, 3.63) is 266 Å². The van der Waals surface area contributed by atoms with Gasteiger partial charge in [-0.3, -0.25) is 34.7 Å². The Morgan fingerprint density at radius 3 is 1.13 bits per heavy atom. The van der Waals surface area contributed by atoms with Crippen LogP contribution in [0.2, 0.25) is 0 Å². The zero-order valence-corrected chi connectivity index (χ0v) is 65.1. The van der Waals surface area contributed by atoms with Crippen LogP contribution < -0.4 is 59.9 Å². The summed E-state index contributed by atoms with van der Waals surface area (Å²) >= 11 is 0. The molecule has 0 heterocycles. The van der Waals surface area contributed by atoms with Crippen LogP contribution in [0.3, 0.4) is 0 Å². The molecule has 0 bridgehead atoms. The van der Waals surface area contributed by atoms with E-state index in [1.165, 1.54) is 85.9 Å². The number of hydrogen-bond acceptors (Lipinski definition) is 16. The number of nitrogens with zero attached hydrogens (tertiary/aromatic N) is 8. The number of carbonyl (C=O) groups is 2. The number of aliphatic hydroxyl groups is 1. The van der Waals surface area contributed by atoms with E-state index in [1.807, 2.05) is 59.7 Å². The van der Waals surface area contributed by atoms with E-state index in [2.05, 4.69) is 47.2 Å². The van der Waals surface area contributed by atoms with E-state index in [0.29, 0.717) is 43.4 Å². The van der Waals surface area contributed by atoms with Gasteiger partial charge in [-0.15, -0.1) is 0 Å². The number of halogens is 5. The van der Waals surface area contributed by atoms with Gasteiger partial charge in [-0.25, -0.2) is 17.6 Å². The summed E-state index contributed by atoms with van der Waals surface area (Å²) in [6.45, 7) is 25.5. The Hall–Kier alpha value is -7.92. The van der Waals surface area contributed by atoms with Crippen LogP contribution in [0.15, 0.2) is 157 Å². The molecule has 0 atom stereocenters. The quantitative estimate of drug-likeness (QED) is 0.00693. The van der Waals surface area contributed by atoms with Gasteiger partial charge in [-0.1, -0.05) is 141 Å². The van der Waals surface area contributed by atoms with Gasteiger partial charge in [0.15, 0.2) is 17.4 Å². The van der Waals surface area contributed by atoms with Crippen molar-refractivity contribution >= 4 is 57.7 Å². The van der Waals surface area contributed by atoms with Gasteiger partial charge in [-0.2, -0.15) is 4.39 Å². The molecule has 5 N–H and O–H groups in total. The SMILES string of the molecule is CC(C)(CO)c1ccc(F)cc1.COC(=O)C(C)(C)c1ccc(F)cc1.COC(=O)Cc1ccc(F)cc1.COCC(C)(C)c1ccc(F)c([N+](=O)[O-])c1.COCC(C)(C)c1ccc(F)cc1.COCC(C)(C)c1ccc(N)c(N)c1.COCC(C)(C)c1ccc(N=[N+]=[N-])c([N+](=O)[O-])c1.[AlH3].[H-].[Li+].[N-]=[N+]=[N-].[Na+]. The van der Waals surface area contributed by atoms with E-state index >= 15 is 0 Å². The summed E-state index contributed by atoms with van der Waals surface area (Å²) in [5.41, 5.74) is 38.1. The number of azide groups is 1. The number of ether oxygens (including phenoxy) is 6. The summed E-state index contributed by atoms with van der Waals surface area (Å²) < 4.78 is 92.8. The molecule has 0 radical (unpaired) electrons. The molecule has 31 heteroatoms. The molecule has 7 rings (SSSR count). The second-order valence-electron chi connectivity index (χ2n) is 26.3. The number of nitrogens with two attached hydrogens (primary N) is 2.